The second-order valence-electron chi connectivity index (χ2n) is 10.8. The minimum atomic E-state index is 0.653. The summed E-state index contributed by atoms with van der Waals surface area (Å²) >= 11 is 3.78. The van der Waals surface area contributed by atoms with Crippen molar-refractivity contribution >= 4 is 37.7 Å². The smallest absolute Gasteiger partial charge is 0.160 e. The molecule has 0 saturated carbocycles. The van der Waals surface area contributed by atoms with Gasteiger partial charge in [0.2, 0.25) is 0 Å². The molecule has 4 aromatic carbocycles. The number of pyridine rings is 3. The number of hydrogen-bond acceptors (Lipinski definition) is 5. The van der Waals surface area contributed by atoms with Gasteiger partial charge in [0.15, 0.2) is 5.82 Å². The lowest BCUT2D eigenvalue weighted by Crippen LogP contribution is -1.97. The van der Waals surface area contributed by atoms with Gasteiger partial charge in [-0.2, -0.15) is 0 Å². The molecular formula is C39H24BrN5. The van der Waals surface area contributed by atoms with Crippen molar-refractivity contribution in [3.05, 3.63) is 151 Å². The maximum absolute atomic E-state index is 5.14. The van der Waals surface area contributed by atoms with Crippen LogP contribution in [-0.4, -0.2) is 24.9 Å². The molecule has 4 aromatic heterocycles. The monoisotopic (exact) mass is 641 g/mol. The average Bonchev–Trinajstić information content (AvgIpc) is 3.11. The van der Waals surface area contributed by atoms with Crippen LogP contribution in [0.4, 0.5) is 0 Å². The molecule has 0 unspecified atom stereocenters. The first-order chi connectivity index (χ1) is 22.2. The van der Waals surface area contributed by atoms with Crippen LogP contribution in [0.5, 0.6) is 0 Å². The molecule has 0 N–H and O–H groups in total. The van der Waals surface area contributed by atoms with Crippen molar-refractivity contribution in [1.29, 1.82) is 0 Å². The van der Waals surface area contributed by atoms with E-state index in [1.807, 2.05) is 55.0 Å². The summed E-state index contributed by atoms with van der Waals surface area (Å²) in [4.78, 5) is 23.6. The summed E-state index contributed by atoms with van der Waals surface area (Å²) in [5, 5.41) is 2.15. The molecule has 0 atom stereocenters. The van der Waals surface area contributed by atoms with Crippen LogP contribution in [-0.2, 0) is 0 Å². The van der Waals surface area contributed by atoms with Gasteiger partial charge in [-0.05, 0) is 89.0 Å². The van der Waals surface area contributed by atoms with Crippen molar-refractivity contribution in [1.82, 2.24) is 24.9 Å². The second-order valence-corrected chi connectivity index (χ2v) is 11.7. The Labute approximate surface area is 268 Å². The van der Waals surface area contributed by atoms with Crippen LogP contribution >= 0.6 is 15.9 Å². The van der Waals surface area contributed by atoms with Crippen LogP contribution < -0.4 is 0 Å². The molecule has 6 heteroatoms. The van der Waals surface area contributed by atoms with Crippen molar-refractivity contribution in [3.63, 3.8) is 0 Å². The molecule has 212 valence electrons. The third-order valence-electron chi connectivity index (χ3n) is 7.91. The number of halogens is 1. The van der Waals surface area contributed by atoms with Crippen molar-refractivity contribution < 1.29 is 0 Å². The van der Waals surface area contributed by atoms with Gasteiger partial charge < -0.3 is 0 Å². The normalized spacial score (nSPS) is 11.2. The predicted octanol–water partition coefficient (Wildman–Crippen LogP) is 10.1. The van der Waals surface area contributed by atoms with Crippen LogP contribution in [0.1, 0.15) is 0 Å². The lowest BCUT2D eigenvalue weighted by molar-refractivity contribution is 1.18. The van der Waals surface area contributed by atoms with Gasteiger partial charge in [0.25, 0.3) is 0 Å². The van der Waals surface area contributed by atoms with Crippen molar-refractivity contribution in [2.45, 2.75) is 0 Å². The Morgan fingerprint density at radius 2 is 1.20 bits per heavy atom. The lowest BCUT2D eigenvalue weighted by Gasteiger charge is -2.13. The van der Waals surface area contributed by atoms with E-state index in [0.717, 1.165) is 76.6 Å². The van der Waals surface area contributed by atoms with Gasteiger partial charge in [0.1, 0.15) is 0 Å². The Morgan fingerprint density at radius 3 is 2.04 bits per heavy atom. The largest absolute Gasteiger partial charge is 0.264 e. The number of nitrogens with zero attached hydrogens (tertiary/aromatic N) is 5. The summed E-state index contributed by atoms with van der Waals surface area (Å²) in [5.74, 6) is 0.653. The van der Waals surface area contributed by atoms with Crippen LogP contribution in [0.2, 0.25) is 0 Å². The quantitative estimate of drug-likeness (QED) is 0.187. The van der Waals surface area contributed by atoms with E-state index in [-0.39, 0.29) is 0 Å². The fourth-order valence-corrected chi connectivity index (χ4v) is 6.20. The molecule has 4 heterocycles. The first-order valence-electron chi connectivity index (χ1n) is 14.6. The van der Waals surface area contributed by atoms with Crippen LogP contribution in [0, 0.1) is 0 Å². The van der Waals surface area contributed by atoms with Crippen molar-refractivity contribution in [2.75, 3.05) is 0 Å². The number of hydrogen-bond donors (Lipinski definition) is 0. The first kappa shape index (κ1) is 27.0. The van der Waals surface area contributed by atoms with E-state index in [2.05, 4.69) is 116 Å². The highest BCUT2D eigenvalue weighted by atomic mass is 79.9. The average molecular weight is 643 g/mol. The van der Waals surface area contributed by atoms with E-state index < -0.39 is 0 Å². The molecule has 0 aliphatic heterocycles. The Bertz CT molecular complexity index is 2330. The Balaban J connectivity index is 1.29. The Hall–Kier alpha value is -5.59. The van der Waals surface area contributed by atoms with Gasteiger partial charge in [-0.25, -0.2) is 9.97 Å². The molecule has 0 spiro atoms. The highest BCUT2D eigenvalue weighted by Gasteiger charge is 2.14. The fourth-order valence-electron chi connectivity index (χ4n) is 5.70. The predicted molar refractivity (Wildman–Crippen MR) is 185 cm³/mol. The molecule has 8 aromatic rings. The van der Waals surface area contributed by atoms with Crippen LogP contribution in [0.15, 0.2) is 151 Å². The molecule has 0 fully saturated rings. The minimum Gasteiger partial charge on any atom is -0.264 e. The summed E-state index contributed by atoms with van der Waals surface area (Å²) in [5.41, 5.74) is 10.9. The molecule has 0 radical (unpaired) electrons. The zero-order chi connectivity index (χ0) is 30.2. The Kier molecular flexibility index (Phi) is 6.89. The van der Waals surface area contributed by atoms with Gasteiger partial charge in [-0.3, -0.25) is 15.0 Å². The highest BCUT2D eigenvalue weighted by molar-refractivity contribution is 9.10. The van der Waals surface area contributed by atoms with E-state index in [4.69, 9.17) is 9.97 Å². The minimum absolute atomic E-state index is 0.653. The topological polar surface area (TPSA) is 64.5 Å². The van der Waals surface area contributed by atoms with Gasteiger partial charge in [-0.15, -0.1) is 0 Å². The third kappa shape index (κ3) is 5.37. The number of fused-ring (bicyclic) bond motifs is 2. The highest BCUT2D eigenvalue weighted by Crippen LogP contribution is 2.35. The van der Waals surface area contributed by atoms with Crippen molar-refractivity contribution in [2.24, 2.45) is 0 Å². The Morgan fingerprint density at radius 1 is 0.467 bits per heavy atom. The first-order valence-corrected chi connectivity index (χ1v) is 15.4. The molecule has 8 rings (SSSR count). The molecule has 0 amide bonds. The summed E-state index contributed by atoms with van der Waals surface area (Å²) in [6, 6.07) is 41.5. The molecule has 5 nitrogen and oxygen atoms in total. The summed E-state index contributed by atoms with van der Waals surface area (Å²) in [6.45, 7) is 0. The van der Waals surface area contributed by atoms with Gasteiger partial charge in [0, 0.05) is 56.7 Å². The van der Waals surface area contributed by atoms with Gasteiger partial charge in [-0.1, -0.05) is 70.5 Å². The van der Waals surface area contributed by atoms with E-state index in [1.165, 1.54) is 0 Å². The van der Waals surface area contributed by atoms with Crippen LogP contribution in [0.3, 0.4) is 0 Å². The molecule has 0 saturated heterocycles. The molecule has 0 aliphatic rings. The second kappa shape index (κ2) is 11.5. The number of aromatic nitrogens is 5. The molecular weight excluding hydrogens is 618 g/mol. The van der Waals surface area contributed by atoms with Crippen molar-refractivity contribution in [3.8, 4) is 56.2 Å². The number of benzene rings is 4. The fraction of sp³-hybridized carbons (Fsp3) is 0. The van der Waals surface area contributed by atoms with Gasteiger partial charge >= 0.3 is 0 Å². The lowest BCUT2D eigenvalue weighted by atomic mass is 9.97. The zero-order valence-electron chi connectivity index (χ0n) is 24.0. The standard InChI is InChI=1S/C39H24BrN5/c40-32-21-30(33-7-1-9-36-34(33)8-4-18-43-36)20-31(22-32)38-23-37(26-12-10-25(11-13-26)29-6-2-16-41-24-29)44-39(45-38)28-14-15-35-27(19-28)5-3-17-42-35/h1-24H. The van der Waals surface area contributed by atoms with E-state index in [0.29, 0.717) is 5.82 Å². The molecule has 45 heavy (non-hydrogen) atoms. The van der Waals surface area contributed by atoms with Crippen LogP contribution in [0.25, 0.3) is 78.0 Å². The third-order valence-corrected chi connectivity index (χ3v) is 8.37. The molecule has 0 aliphatic carbocycles. The van der Waals surface area contributed by atoms with Gasteiger partial charge in [0.05, 0.1) is 22.4 Å². The van der Waals surface area contributed by atoms with E-state index >= 15 is 0 Å². The summed E-state index contributed by atoms with van der Waals surface area (Å²) < 4.78 is 0.968. The zero-order valence-corrected chi connectivity index (χ0v) is 25.6. The summed E-state index contributed by atoms with van der Waals surface area (Å²) in [6.07, 6.45) is 7.30. The maximum Gasteiger partial charge on any atom is 0.160 e. The summed E-state index contributed by atoms with van der Waals surface area (Å²) in [7, 11) is 0. The molecule has 0 bridgehead atoms. The van der Waals surface area contributed by atoms with E-state index in [9.17, 15) is 0 Å². The SMILES string of the molecule is Brc1cc(-c2cc(-c3ccc(-c4cccnc4)cc3)nc(-c3ccc4ncccc4c3)n2)cc(-c2cccc3ncccc23)c1. The maximum atomic E-state index is 5.14. The number of rotatable bonds is 5. The van der Waals surface area contributed by atoms with E-state index in [1.54, 1.807) is 6.20 Å².